The highest BCUT2D eigenvalue weighted by atomic mass is 32.2. The van der Waals surface area contributed by atoms with Crippen molar-refractivity contribution in [2.75, 3.05) is 6.26 Å². The van der Waals surface area contributed by atoms with E-state index in [-0.39, 0.29) is 22.2 Å². The number of hydrogen-bond donors (Lipinski definition) is 0. The first-order chi connectivity index (χ1) is 19.4. The summed E-state index contributed by atoms with van der Waals surface area (Å²) in [4.78, 5) is 4.08. The monoisotopic (exact) mass is 585 g/mol. The maximum Gasteiger partial charge on any atom is 0.586 e. The predicted molar refractivity (Wildman–Crippen MR) is 138 cm³/mol. The van der Waals surface area contributed by atoms with Gasteiger partial charge < -0.3 is 14.0 Å². The molecule has 0 N–H and O–H groups in total. The molecule has 0 spiro atoms. The third kappa shape index (κ3) is 4.90. The number of halogens is 4. The number of imidazole rings is 1. The van der Waals surface area contributed by atoms with E-state index in [1.165, 1.54) is 52.0 Å². The highest BCUT2D eigenvalue weighted by Crippen LogP contribution is 2.43. The van der Waals surface area contributed by atoms with Crippen molar-refractivity contribution in [1.29, 1.82) is 0 Å². The highest BCUT2D eigenvalue weighted by Gasteiger charge is 2.43. The molecule has 0 atom stereocenters. The van der Waals surface area contributed by atoms with Crippen LogP contribution in [0.5, 0.6) is 11.5 Å². The van der Waals surface area contributed by atoms with Crippen LogP contribution in [0.3, 0.4) is 0 Å². The summed E-state index contributed by atoms with van der Waals surface area (Å²) in [5.74, 6) is -0.0426. The lowest BCUT2D eigenvalue weighted by molar-refractivity contribution is -0.286. The Hall–Kier alpha value is -4.72. The molecule has 0 radical (unpaired) electrons. The molecule has 2 aromatic heterocycles. The Morgan fingerprint density at radius 2 is 1.63 bits per heavy atom. The number of ether oxygens (including phenoxy) is 2. The van der Waals surface area contributed by atoms with Crippen molar-refractivity contribution in [2.24, 2.45) is 0 Å². The fourth-order valence-corrected chi connectivity index (χ4v) is 5.21. The summed E-state index contributed by atoms with van der Waals surface area (Å²) in [6.07, 6.45) is -2.89. The molecule has 0 aliphatic carbocycles. The van der Waals surface area contributed by atoms with Crippen LogP contribution in [0.1, 0.15) is 17.9 Å². The molecule has 0 fully saturated rings. The second-order valence-corrected chi connectivity index (χ2v) is 11.3. The van der Waals surface area contributed by atoms with E-state index in [1.807, 2.05) is 0 Å². The first kappa shape index (κ1) is 26.5. The molecule has 0 saturated carbocycles. The van der Waals surface area contributed by atoms with E-state index in [4.69, 9.17) is 0 Å². The molecule has 3 heterocycles. The van der Waals surface area contributed by atoms with Gasteiger partial charge in [-0.3, -0.25) is 0 Å². The summed E-state index contributed by atoms with van der Waals surface area (Å²) in [5.41, 5.74) is 2.28. The van der Waals surface area contributed by atoms with Gasteiger partial charge in [0.25, 0.3) is 6.43 Å². The standard InChI is InChI=1S/C27H19F4N5O4S/c1-15-33-20(26(28)29)14-35(15)21-8-6-17(16-4-3-5-19(10-16)41(2,37)38)11-22(21)36-23(13-32-34-36)18-7-9-24-25(12-18)40-27(30,31)39-24/h3-14,26H,1-2H3. The van der Waals surface area contributed by atoms with Gasteiger partial charge in [0.05, 0.1) is 28.2 Å². The summed E-state index contributed by atoms with van der Waals surface area (Å²) in [5, 5.41) is 8.21. The van der Waals surface area contributed by atoms with Crippen molar-refractivity contribution in [3.63, 3.8) is 0 Å². The number of benzene rings is 3. The van der Waals surface area contributed by atoms with Crippen LogP contribution >= 0.6 is 0 Å². The molecule has 41 heavy (non-hydrogen) atoms. The van der Waals surface area contributed by atoms with E-state index < -0.39 is 28.3 Å². The zero-order chi connectivity index (χ0) is 29.1. The molecule has 0 bridgehead atoms. The molecule has 0 unspecified atom stereocenters. The largest absolute Gasteiger partial charge is 0.586 e. The number of aromatic nitrogens is 5. The molecule has 0 saturated heterocycles. The van der Waals surface area contributed by atoms with E-state index >= 15 is 0 Å². The fourth-order valence-electron chi connectivity index (χ4n) is 4.55. The predicted octanol–water partition coefficient (Wildman–Crippen LogP) is 5.76. The van der Waals surface area contributed by atoms with Crippen molar-refractivity contribution >= 4 is 9.84 Å². The molecule has 5 aromatic rings. The minimum atomic E-state index is -3.80. The number of rotatable bonds is 6. The molecule has 9 nitrogen and oxygen atoms in total. The van der Waals surface area contributed by atoms with E-state index in [2.05, 4.69) is 24.8 Å². The maximum absolute atomic E-state index is 13.6. The van der Waals surface area contributed by atoms with Crippen molar-refractivity contribution < 1.29 is 35.5 Å². The highest BCUT2D eigenvalue weighted by molar-refractivity contribution is 7.90. The maximum atomic E-state index is 13.6. The quantitative estimate of drug-likeness (QED) is 0.234. The van der Waals surface area contributed by atoms with Gasteiger partial charge in [0.2, 0.25) is 0 Å². The average molecular weight is 586 g/mol. The number of alkyl halides is 4. The topological polar surface area (TPSA) is 101 Å². The first-order valence-electron chi connectivity index (χ1n) is 12.0. The Bertz CT molecular complexity index is 1920. The van der Waals surface area contributed by atoms with Crippen molar-refractivity contribution in [3.05, 3.63) is 84.6 Å². The number of aryl methyl sites for hydroxylation is 1. The van der Waals surface area contributed by atoms with Gasteiger partial charge >= 0.3 is 6.29 Å². The Morgan fingerprint density at radius 3 is 2.37 bits per heavy atom. The summed E-state index contributed by atoms with van der Waals surface area (Å²) >= 11 is 0. The normalized spacial score (nSPS) is 14.1. The molecule has 6 rings (SSSR count). The second kappa shape index (κ2) is 9.44. The van der Waals surface area contributed by atoms with Gasteiger partial charge in [0.1, 0.15) is 11.5 Å². The number of hydrogen-bond acceptors (Lipinski definition) is 7. The summed E-state index contributed by atoms with van der Waals surface area (Å²) in [6.45, 7) is 1.57. The van der Waals surface area contributed by atoms with Crippen molar-refractivity contribution in [1.82, 2.24) is 24.5 Å². The van der Waals surface area contributed by atoms with Gasteiger partial charge in [-0.15, -0.1) is 13.9 Å². The van der Waals surface area contributed by atoms with E-state index in [1.54, 1.807) is 37.3 Å². The third-order valence-electron chi connectivity index (χ3n) is 6.43. The van der Waals surface area contributed by atoms with Crippen LogP contribution < -0.4 is 9.47 Å². The minimum absolute atomic E-state index is 0.117. The fraction of sp³-hybridized carbons (Fsp3) is 0.148. The molecular weight excluding hydrogens is 566 g/mol. The van der Waals surface area contributed by atoms with Gasteiger partial charge in [0.15, 0.2) is 21.3 Å². The SMILES string of the molecule is Cc1nc(C(F)F)cn1-c1ccc(-c2cccc(S(C)(=O)=O)c2)cc1-n1nncc1-c1ccc2c(c1)OC(F)(F)O2. The Kier molecular flexibility index (Phi) is 6.10. The van der Waals surface area contributed by atoms with E-state index in [9.17, 15) is 26.0 Å². The second-order valence-electron chi connectivity index (χ2n) is 9.25. The van der Waals surface area contributed by atoms with Crippen LogP contribution in [0.4, 0.5) is 17.6 Å². The van der Waals surface area contributed by atoms with Crippen LogP contribution in [0.15, 0.2) is 78.0 Å². The molecule has 1 aliphatic heterocycles. The zero-order valence-corrected chi connectivity index (χ0v) is 22.1. The molecule has 210 valence electrons. The lowest BCUT2D eigenvalue weighted by atomic mass is 10.0. The minimum Gasteiger partial charge on any atom is -0.395 e. The Morgan fingerprint density at radius 1 is 0.902 bits per heavy atom. The Labute approximate surface area is 230 Å². The zero-order valence-electron chi connectivity index (χ0n) is 21.3. The lowest BCUT2D eigenvalue weighted by Gasteiger charge is -2.16. The van der Waals surface area contributed by atoms with E-state index in [0.29, 0.717) is 33.8 Å². The van der Waals surface area contributed by atoms with Gasteiger partial charge in [-0.1, -0.05) is 23.4 Å². The van der Waals surface area contributed by atoms with Gasteiger partial charge in [-0.25, -0.2) is 26.9 Å². The molecule has 14 heteroatoms. The summed E-state index contributed by atoms with van der Waals surface area (Å²) in [7, 11) is -3.49. The smallest absolute Gasteiger partial charge is 0.395 e. The van der Waals surface area contributed by atoms with Gasteiger partial charge in [0, 0.05) is 18.0 Å². The number of nitrogens with zero attached hydrogens (tertiary/aromatic N) is 5. The molecular formula is C27H19F4N5O4S. The number of sulfone groups is 1. The molecule has 0 amide bonds. The third-order valence-corrected chi connectivity index (χ3v) is 7.54. The van der Waals surface area contributed by atoms with Crippen LogP contribution in [0.25, 0.3) is 33.8 Å². The lowest BCUT2D eigenvalue weighted by Crippen LogP contribution is -2.25. The van der Waals surface area contributed by atoms with Crippen molar-refractivity contribution in [3.8, 4) is 45.3 Å². The summed E-state index contributed by atoms with van der Waals surface area (Å²) < 4.78 is 90.5. The van der Waals surface area contributed by atoms with Crippen LogP contribution in [0.2, 0.25) is 0 Å². The Balaban J connectivity index is 1.54. The van der Waals surface area contributed by atoms with Crippen LogP contribution in [-0.4, -0.2) is 45.5 Å². The molecule has 3 aromatic carbocycles. The molecule has 1 aliphatic rings. The van der Waals surface area contributed by atoms with Gasteiger partial charge in [-0.05, 0) is 60.5 Å². The average Bonchev–Trinajstić information content (AvgIpc) is 3.63. The summed E-state index contributed by atoms with van der Waals surface area (Å²) in [6, 6.07) is 15.6. The van der Waals surface area contributed by atoms with Crippen molar-refractivity contribution in [2.45, 2.75) is 24.5 Å². The van der Waals surface area contributed by atoms with Crippen LogP contribution in [-0.2, 0) is 9.84 Å². The first-order valence-corrected chi connectivity index (χ1v) is 13.9. The van der Waals surface area contributed by atoms with Gasteiger partial charge in [-0.2, -0.15) is 0 Å². The van der Waals surface area contributed by atoms with Crippen LogP contribution in [0, 0.1) is 6.92 Å². The van der Waals surface area contributed by atoms with E-state index in [0.717, 1.165) is 6.26 Å². The number of fused-ring (bicyclic) bond motifs is 1.